The zero-order chi connectivity index (χ0) is 18.0. The number of fused-ring (bicyclic) bond motifs is 1. The van der Waals surface area contributed by atoms with E-state index in [9.17, 15) is 34.4 Å². The van der Waals surface area contributed by atoms with Crippen molar-refractivity contribution in [3.05, 3.63) is 41.4 Å². The lowest BCUT2D eigenvalue weighted by Gasteiger charge is -2.44. The van der Waals surface area contributed by atoms with Crippen molar-refractivity contribution in [3.8, 4) is 0 Å². The second kappa shape index (κ2) is 4.74. The molecule has 2 amide bonds. The second-order valence-corrected chi connectivity index (χ2v) is 5.76. The van der Waals surface area contributed by atoms with E-state index in [-0.39, 0.29) is 10.6 Å². The fraction of sp³-hybridized carbons (Fsp3) is 0.286. The van der Waals surface area contributed by atoms with Gasteiger partial charge in [-0.15, -0.1) is 0 Å². The van der Waals surface area contributed by atoms with Gasteiger partial charge in [0.1, 0.15) is 11.9 Å². The molecule has 128 valence electrons. The molecule has 0 aromatic heterocycles. The minimum atomic E-state index is -3.06. The second-order valence-electron chi connectivity index (χ2n) is 5.76. The van der Waals surface area contributed by atoms with Crippen LogP contribution in [-0.4, -0.2) is 49.0 Å². The third kappa shape index (κ3) is 2.08. The van der Waals surface area contributed by atoms with E-state index in [0.717, 1.165) is 12.1 Å². The summed E-state index contributed by atoms with van der Waals surface area (Å²) in [6, 6.07) is -0.262. The lowest BCUT2D eigenvalue weighted by molar-refractivity contribution is -0.295. The minimum absolute atomic E-state index is 0.287. The molecule has 1 atom stereocenters. The van der Waals surface area contributed by atoms with Crippen LogP contribution in [0.15, 0.2) is 24.4 Å². The van der Waals surface area contributed by atoms with Gasteiger partial charge in [0.25, 0.3) is 11.8 Å². The first-order valence-corrected chi connectivity index (χ1v) is 6.78. The molecule has 2 aliphatic rings. The average molecular weight is 339 g/mol. The Bertz CT molecular complexity index is 791. The topological polar surface area (TPSA) is 156 Å². The largest absolute Gasteiger partial charge is 0.398 e. The normalized spacial score (nSPS) is 24.8. The predicted octanol–water partition coefficient (Wildman–Crippen LogP) is -1.96. The van der Waals surface area contributed by atoms with Crippen LogP contribution < -0.4 is 11.1 Å². The van der Waals surface area contributed by atoms with Crippen molar-refractivity contribution in [2.75, 3.05) is 5.73 Å². The van der Waals surface area contributed by atoms with Crippen molar-refractivity contribution in [1.29, 1.82) is 0 Å². The van der Waals surface area contributed by atoms with Crippen molar-refractivity contribution in [2.45, 2.75) is 24.2 Å². The van der Waals surface area contributed by atoms with Crippen molar-refractivity contribution >= 4 is 17.5 Å². The first-order chi connectivity index (χ1) is 11.0. The van der Waals surface area contributed by atoms with Crippen LogP contribution in [0.4, 0.5) is 10.1 Å². The number of halogens is 1. The van der Waals surface area contributed by atoms with Gasteiger partial charge in [-0.25, -0.2) is 4.39 Å². The Hall–Kier alpha value is -2.53. The molecular weight excluding hydrogens is 325 g/mol. The lowest BCUT2D eigenvalue weighted by Crippen LogP contribution is -2.65. The van der Waals surface area contributed by atoms with Crippen LogP contribution in [0.2, 0.25) is 0 Å². The van der Waals surface area contributed by atoms with Crippen molar-refractivity contribution in [3.63, 3.8) is 0 Å². The first kappa shape index (κ1) is 16.3. The molecular formula is C14H14FN3O6. The van der Waals surface area contributed by atoms with Crippen LogP contribution in [0.5, 0.6) is 0 Å². The molecule has 1 aromatic carbocycles. The maximum atomic E-state index is 13.5. The molecule has 7 N–H and O–H groups in total. The summed E-state index contributed by atoms with van der Waals surface area (Å²) >= 11 is 0. The minimum Gasteiger partial charge on any atom is -0.398 e. The molecule has 10 heteroatoms. The fourth-order valence-corrected chi connectivity index (χ4v) is 3.13. The van der Waals surface area contributed by atoms with E-state index in [4.69, 9.17) is 5.73 Å². The number of benzene rings is 1. The Morgan fingerprint density at radius 2 is 1.92 bits per heavy atom. The van der Waals surface area contributed by atoms with Crippen molar-refractivity contribution < 1.29 is 34.4 Å². The van der Waals surface area contributed by atoms with Crippen LogP contribution in [0.25, 0.3) is 0 Å². The summed E-state index contributed by atoms with van der Waals surface area (Å²) in [5.41, 5.74) is 3.88. The third-order valence-corrected chi connectivity index (χ3v) is 4.00. The molecule has 0 saturated carbocycles. The van der Waals surface area contributed by atoms with Gasteiger partial charge in [-0.2, -0.15) is 0 Å². The van der Waals surface area contributed by atoms with Gasteiger partial charge in [-0.05, 0) is 12.1 Å². The molecule has 3 rings (SSSR count). The van der Waals surface area contributed by atoms with E-state index in [0.29, 0.717) is 0 Å². The fourth-order valence-electron chi connectivity index (χ4n) is 3.13. The van der Waals surface area contributed by atoms with Gasteiger partial charge in [0.05, 0.1) is 17.5 Å². The molecule has 0 spiro atoms. The average Bonchev–Trinajstić information content (AvgIpc) is 2.57. The number of hydrogen-bond acceptors (Lipinski definition) is 7. The number of carbonyl (C=O) groups excluding carboxylic acids is 2. The quantitative estimate of drug-likeness (QED) is 0.256. The molecule has 24 heavy (non-hydrogen) atoms. The summed E-state index contributed by atoms with van der Waals surface area (Å²) in [5.74, 6) is -8.65. The number of nitrogen functional groups attached to an aromatic ring is 1. The number of amides is 2. The Labute approximate surface area is 134 Å². The molecule has 1 aromatic rings. The first-order valence-electron chi connectivity index (χ1n) is 6.78. The van der Waals surface area contributed by atoms with Gasteiger partial charge in [-0.3, -0.25) is 14.5 Å². The standard InChI is InChI=1S/C14H14FN3O6/c1-5-11(13(21,22)4-9(19)17-5)18-12(20)7-2-6(15)3-8(16)10(7)14(18,23)24/h2-3,11,21-24H,1,4,16H2,(H,17,19). The third-order valence-electron chi connectivity index (χ3n) is 4.00. The van der Waals surface area contributed by atoms with E-state index < -0.39 is 58.6 Å². The summed E-state index contributed by atoms with van der Waals surface area (Å²) < 4.78 is 13.5. The highest BCUT2D eigenvalue weighted by atomic mass is 19.1. The summed E-state index contributed by atoms with van der Waals surface area (Å²) in [4.78, 5) is 24.2. The summed E-state index contributed by atoms with van der Waals surface area (Å²) in [5, 5.41) is 43.2. The summed E-state index contributed by atoms with van der Waals surface area (Å²) in [7, 11) is 0. The number of rotatable bonds is 1. The zero-order valence-corrected chi connectivity index (χ0v) is 12.2. The maximum Gasteiger partial charge on any atom is 0.281 e. The number of piperidine rings is 1. The van der Waals surface area contributed by atoms with E-state index >= 15 is 0 Å². The van der Waals surface area contributed by atoms with Crippen LogP contribution in [0, 0.1) is 5.82 Å². The molecule has 0 aliphatic carbocycles. The van der Waals surface area contributed by atoms with Gasteiger partial charge < -0.3 is 31.5 Å². The molecule has 1 unspecified atom stereocenters. The van der Waals surface area contributed by atoms with Gasteiger partial charge in [0, 0.05) is 11.4 Å². The van der Waals surface area contributed by atoms with Crippen LogP contribution >= 0.6 is 0 Å². The molecule has 1 fully saturated rings. The molecule has 0 bridgehead atoms. The number of nitrogens with two attached hydrogens (primary N) is 1. The monoisotopic (exact) mass is 339 g/mol. The van der Waals surface area contributed by atoms with Gasteiger partial charge in [0.15, 0.2) is 5.79 Å². The zero-order valence-electron chi connectivity index (χ0n) is 12.2. The molecule has 0 radical (unpaired) electrons. The smallest absolute Gasteiger partial charge is 0.281 e. The van der Waals surface area contributed by atoms with Gasteiger partial charge >= 0.3 is 0 Å². The molecule has 9 nitrogen and oxygen atoms in total. The van der Waals surface area contributed by atoms with Gasteiger partial charge in [-0.1, -0.05) is 6.58 Å². The predicted molar refractivity (Wildman–Crippen MR) is 76.0 cm³/mol. The summed E-state index contributed by atoms with van der Waals surface area (Å²) in [6.45, 7) is 3.42. The highest BCUT2D eigenvalue weighted by molar-refractivity contribution is 6.01. The summed E-state index contributed by atoms with van der Waals surface area (Å²) in [6.07, 6.45) is -0.837. The SMILES string of the molecule is C=C1NC(=O)CC(O)(O)C1N1C(=O)c2cc(F)cc(N)c2C1(O)O. The van der Waals surface area contributed by atoms with Crippen molar-refractivity contribution in [2.24, 2.45) is 0 Å². The maximum absolute atomic E-state index is 13.5. The molecule has 2 aliphatic heterocycles. The van der Waals surface area contributed by atoms with Crippen LogP contribution in [0.1, 0.15) is 22.3 Å². The number of aliphatic hydroxyl groups is 4. The van der Waals surface area contributed by atoms with Crippen LogP contribution in [0.3, 0.4) is 0 Å². The molecule has 1 saturated heterocycles. The number of hydrogen-bond donors (Lipinski definition) is 6. The molecule has 2 heterocycles. The number of anilines is 1. The Morgan fingerprint density at radius 1 is 1.29 bits per heavy atom. The Balaban J connectivity index is 2.17. The van der Waals surface area contributed by atoms with E-state index in [1.807, 2.05) is 0 Å². The van der Waals surface area contributed by atoms with E-state index in [1.54, 1.807) is 0 Å². The Kier molecular flexibility index (Phi) is 3.22. The lowest BCUT2D eigenvalue weighted by atomic mass is 9.94. The van der Waals surface area contributed by atoms with Crippen LogP contribution in [-0.2, 0) is 10.7 Å². The van der Waals surface area contributed by atoms with E-state index in [2.05, 4.69) is 11.9 Å². The number of nitrogens with zero attached hydrogens (tertiary/aromatic N) is 1. The number of carbonyl (C=O) groups is 2. The van der Waals surface area contributed by atoms with Gasteiger partial charge in [0.2, 0.25) is 5.91 Å². The van der Waals surface area contributed by atoms with E-state index in [1.165, 1.54) is 0 Å². The highest BCUT2D eigenvalue weighted by Crippen LogP contribution is 2.44. The highest BCUT2D eigenvalue weighted by Gasteiger charge is 2.59. The number of nitrogens with one attached hydrogen (secondary N) is 1. The Morgan fingerprint density at radius 3 is 2.50 bits per heavy atom. The van der Waals surface area contributed by atoms with Crippen molar-refractivity contribution in [1.82, 2.24) is 10.2 Å².